The normalized spacial score (nSPS) is 16.6. The first kappa shape index (κ1) is 24.0. The van der Waals surface area contributed by atoms with E-state index >= 15 is 0 Å². The van der Waals surface area contributed by atoms with Gasteiger partial charge in [-0.3, -0.25) is 29.1 Å². The SMILES string of the molecule is [C-]#[N+][C@@H]1CC(F)(F)CN1C(=O)CCC(=O)c1ccnc2ccc(-c3ccc(C(=O)NC)cc3)cc12. The van der Waals surface area contributed by atoms with Crippen molar-refractivity contribution in [3.63, 3.8) is 0 Å². The van der Waals surface area contributed by atoms with E-state index in [1.165, 1.54) is 6.20 Å². The van der Waals surface area contributed by atoms with Crippen molar-refractivity contribution >= 4 is 28.5 Å². The number of hydrogen-bond donors (Lipinski definition) is 1. The van der Waals surface area contributed by atoms with Gasteiger partial charge in [-0.2, -0.15) is 0 Å². The molecule has 178 valence electrons. The predicted octanol–water partition coefficient (Wildman–Crippen LogP) is 4.34. The Morgan fingerprint density at radius 1 is 1.11 bits per heavy atom. The van der Waals surface area contributed by atoms with E-state index in [0.29, 0.717) is 22.0 Å². The van der Waals surface area contributed by atoms with Crippen molar-refractivity contribution in [2.45, 2.75) is 31.4 Å². The molecule has 0 saturated carbocycles. The van der Waals surface area contributed by atoms with Gasteiger partial charge in [0.05, 0.1) is 12.1 Å². The Balaban J connectivity index is 1.54. The molecule has 1 saturated heterocycles. The van der Waals surface area contributed by atoms with E-state index in [2.05, 4.69) is 15.1 Å². The van der Waals surface area contributed by atoms with Crippen LogP contribution in [0.15, 0.2) is 54.7 Å². The number of carbonyl (C=O) groups excluding carboxylic acids is 3. The number of carbonyl (C=O) groups is 3. The molecule has 9 heteroatoms. The topological polar surface area (TPSA) is 83.7 Å². The summed E-state index contributed by atoms with van der Waals surface area (Å²) in [4.78, 5) is 45.6. The zero-order chi connectivity index (χ0) is 25.2. The first-order valence-electron chi connectivity index (χ1n) is 11.0. The number of likely N-dealkylation sites (tertiary alicyclic amines) is 1. The molecule has 7 nitrogen and oxygen atoms in total. The van der Waals surface area contributed by atoms with Gasteiger partial charge in [-0.05, 0) is 41.5 Å². The fraction of sp³-hybridized carbons (Fsp3) is 0.269. The largest absolute Gasteiger partial charge is 0.355 e. The van der Waals surface area contributed by atoms with Gasteiger partial charge in [-0.1, -0.05) is 18.2 Å². The maximum Gasteiger partial charge on any atom is 0.306 e. The van der Waals surface area contributed by atoms with Crippen molar-refractivity contribution in [3.8, 4) is 11.1 Å². The van der Waals surface area contributed by atoms with Crippen molar-refractivity contribution in [2.75, 3.05) is 13.6 Å². The molecule has 0 radical (unpaired) electrons. The Bertz CT molecular complexity index is 1350. The number of hydrogen-bond acceptors (Lipinski definition) is 4. The molecule has 2 aromatic carbocycles. The highest BCUT2D eigenvalue weighted by molar-refractivity contribution is 6.08. The van der Waals surface area contributed by atoms with E-state index in [1.54, 1.807) is 31.3 Å². The number of aromatic nitrogens is 1. The number of alkyl halides is 2. The van der Waals surface area contributed by atoms with Gasteiger partial charge in [-0.15, -0.1) is 0 Å². The molecule has 1 aromatic heterocycles. The molecule has 35 heavy (non-hydrogen) atoms. The highest BCUT2D eigenvalue weighted by Crippen LogP contribution is 2.33. The van der Waals surface area contributed by atoms with E-state index in [1.807, 2.05) is 24.3 Å². The Kier molecular flexibility index (Phi) is 6.56. The van der Waals surface area contributed by atoms with Crippen LogP contribution in [0.25, 0.3) is 26.9 Å². The van der Waals surface area contributed by atoms with Crippen LogP contribution in [-0.4, -0.2) is 53.2 Å². The van der Waals surface area contributed by atoms with E-state index in [9.17, 15) is 23.2 Å². The molecule has 0 bridgehead atoms. The number of rotatable bonds is 6. The zero-order valence-corrected chi connectivity index (χ0v) is 18.9. The molecule has 0 aliphatic carbocycles. The van der Waals surface area contributed by atoms with Crippen LogP contribution >= 0.6 is 0 Å². The molecule has 1 fully saturated rings. The summed E-state index contributed by atoms with van der Waals surface area (Å²) in [7, 11) is 1.56. The molecule has 1 N–H and O–H groups in total. The number of nitrogens with zero attached hydrogens (tertiary/aromatic N) is 3. The Morgan fingerprint density at radius 2 is 1.83 bits per heavy atom. The number of nitrogens with one attached hydrogen (secondary N) is 1. The highest BCUT2D eigenvalue weighted by atomic mass is 19.3. The fourth-order valence-corrected chi connectivity index (χ4v) is 4.19. The van der Waals surface area contributed by atoms with E-state index in [0.717, 1.165) is 16.0 Å². The van der Waals surface area contributed by atoms with Crippen molar-refractivity contribution in [1.29, 1.82) is 0 Å². The number of fused-ring (bicyclic) bond motifs is 1. The van der Waals surface area contributed by atoms with Gasteiger partial charge >= 0.3 is 6.17 Å². The van der Waals surface area contributed by atoms with Crippen LogP contribution in [0.2, 0.25) is 0 Å². The summed E-state index contributed by atoms with van der Waals surface area (Å²) in [6, 6.07) is 14.1. The van der Waals surface area contributed by atoms with E-state index in [4.69, 9.17) is 6.57 Å². The van der Waals surface area contributed by atoms with E-state index < -0.39 is 31.0 Å². The monoisotopic (exact) mass is 476 g/mol. The predicted molar refractivity (Wildman–Crippen MR) is 126 cm³/mol. The number of halogens is 2. The summed E-state index contributed by atoms with van der Waals surface area (Å²) in [5.74, 6) is -4.23. The quantitative estimate of drug-likeness (QED) is 0.424. The maximum atomic E-state index is 13.7. The molecular weight excluding hydrogens is 454 g/mol. The average Bonchev–Trinajstić information content (AvgIpc) is 3.20. The van der Waals surface area contributed by atoms with Crippen LogP contribution < -0.4 is 5.32 Å². The lowest BCUT2D eigenvalue weighted by atomic mass is 9.97. The smallest absolute Gasteiger partial charge is 0.306 e. The van der Waals surface area contributed by atoms with Crippen LogP contribution in [0.3, 0.4) is 0 Å². The van der Waals surface area contributed by atoms with Gasteiger partial charge in [-0.25, -0.2) is 15.4 Å². The molecule has 0 unspecified atom stereocenters. The van der Waals surface area contributed by atoms with E-state index in [-0.39, 0.29) is 24.5 Å². The molecule has 4 rings (SSSR count). The van der Waals surface area contributed by atoms with Crippen molar-refractivity contribution < 1.29 is 23.2 Å². The summed E-state index contributed by atoms with van der Waals surface area (Å²) in [6.07, 6.45) is -0.809. The third kappa shape index (κ3) is 5.01. The second-order valence-corrected chi connectivity index (χ2v) is 8.36. The summed E-state index contributed by atoms with van der Waals surface area (Å²) in [6.45, 7) is 6.28. The average molecular weight is 476 g/mol. The number of pyridine rings is 1. The molecule has 1 aliphatic heterocycles. The second-order valence-electron chi connectivity index (χ2n) is 8.36. The Labute approximate surface area is 200 Å². The number of ketones is 1. The Hall–Kier alpha value is -4.19. The van der Waals surface area contributed by atoms with Crippen molar-refractivity contribution in [2.24, 2.45) is 0 Å². The third-order valence-corrected chi connectivity index (χ3v) is 6.03. The number of benzene rings is 2. The van der Waals surface area contributed by atoms with Gasteiger partial charge in [0.2, 0.25) is 5.91 Å². The molecule has 1 atom stereocenters. The van der Waals surface area contributed by atoms with Gasteiger partial charge < -0.3 is 5.32 Å². The summed E-state index contributed by atoms with van der Waals surface area (Å²) >= 11 is 0. The van der Waals surface area contributed by atoms with Crippen molar-refractivity contribution in [3.05, 3.63) is 77.3 Å². The molecule has 3 aromatic rings. The van der Waals surface area contributed by atoms with Crippen LogP contribution in [-0.2, 0) is 4.79 Å². The third-order valence-electron chi connectivity index (χ3n) is 6.03. The van der Waals surface area contributed by atoms with Crippen molar-refractivity contribution in [1.82, 2.24) is 15.2 Å². The standard InChI is InChI=1S/C26H22F2N4O3/c1-29-23-14-26(27,28)15-32(23)24(34)10-9-22(33)19-11-12-31-21-8-7-18(13-20(19)21)16-3-5-17(6-4-16)25(35)30-2/h3-8,11-13,23H,9-10,14-15H2,2H3,(H,30,35)/t23-/m0/s1. The maximum absolute atomic E-state index is 13.7. The summed E-state index contributed by atoms with van der Waals surface area (Å²) in [5, 5.41) is 3.17. The number of Topliss-reactive ketones (excluding diaryl/α,β-unsaturated/α-hetero) is 1. The molecule has 1 aliphatic rings. The number of amides is 2. The molecule has 0 spiro atoms. The highest BCUT2D eigenvalue weighted by Gasteiger charge is 2.50. The van der Waals surface area contributed by atoms with Crippen LogP contribution in [0.1, 0.15) is 40.0 Å². The summed E-state index contributed by atoms with van der Waals surface area (Å²) < 4.78 is 27.3. The van der Waals surface area contributed by atoms with Crippen LogP contribution in [0.5, 0.6) is 0 Å². The zero-order valence-electron chi connectivity index (χ0n) is 18.9. The Morgan fingerprint density at radius 3 is 2.51 bits per heavy atom. The minimum absolute atomic E-state index is 0.171. The lowest BCUT2D eigenvalue weighted by Gasteiger charge is -2.16. The molecule has 2 heterocycles. The summed E-state index contributed by atoms with van der Waals surface area (Å²) in [5.41, 5.74) is 3.16. The minimum atomic E-state index is -3.09. The first-order valence-corrected chi connectivity index (χ1v) is 11.0. The van der Waals surface area contributed by atoms with Gasteiger partial charge in [0.1, 0.15) is 6.42 Å². The van der Waals surface area contributed by atoms with Gasteiger partial charge in [0.25, 0.3) is 11.8 Å². The lowest BCUT2D eigenvalue weighted by Crippen LogP contribution is -2.35. The van der Waals surface area contributed by atoms with Crippen LogP contribution in [0.4, 0.5) is 8.78 Å². The molecule has 2 amide bonds. The minimum Gasteiger partial charge on any atom is -0.355 e. The molecular formula is C26H22F2N4O3. The lowest BCUT2D eigenvalue weighted by molar-refractivity contribution is -0.132. The van der Waals surface area contributed by atoms with Crippen LogP contribution in [0, 0.1) is 6.57 Å². The van der Waals surface area contributed by atoms with Gasteiger partial charge in [0.15, 0.2) is 5.78 Å². The first-order chi connectivity index (χ1) is 16.7. The fourth-order valence-electron chi connectivity index (χ4n) is 4.19. The van der Waals surface area contributed by atoms with Gasteiger partial charge in [0, 0.05) is 42.6 Å². The second kappa shape index (κ2) is 9.58.